The molecule has 1 aliphatic rings. The summed E-state index contributed by atoms with van der Waals surface area (Å²) in [6.45, 7) is 3.09. The maximum Gasteiger partial charge on any atom is 0.256 e. The van der Waals surface area contributed by atoms with E-state index in [-0.39, 0.29) is 18.4 Å². The number of thioether (sulfide) groups is 1. The number of hydrogen-bond acceptors (Lipinski definition) is 6. The molecule has 3 heterocycles. The first-order chi connectivity index (χ1) is 15.6. The Morgan fingerprint density at radius 2 is 2.06 bits per heavy atom. The number of nitrogens with one attached hydrogen (secondary N) is 2. The molecule has 2 N–H and O–H groups in total. The number of amides is 2. The molecule has 0 fully saturated rings. The van der Waals surface area contributed by atoms with Gasteiger partial charge in [-0.25, -0.2) is 4.68 Å². The number of aromatic nitrogens is 2. The largest absolute Gasteiger partial charge is 0.494 e. The van der Waals surface area contributed by atoms with Crippen molar-refractivity contribution in [1.82, 2.24) is 15.1 Å². The summed E-state index contributed by atoms with van der Waals surface area (Å²) >= 11 is 1.74. The predicted octanol–water partition coefficient (Wildman–Crippen LogP) is 3.97. The van der Waals surface area contributed by atoms with E-state index in [1.54, 1.807) is 59.1 Å². The van der Waals surface area contributed by atoms with Crippen molar-refractivity contribution < 1.29 is 18.7 Å². The molecule has 2 aromatic heterocycles. The van der Waals surface area contributed by atoms with Crippen molar-refractivity contribution in [2.45, 2.75) is 44.4 Å². The molecular formula is C23H26N4O4S. The highest BCUT2D eigenvalue weighted by Crippen LogP contribution is 2.35. The fourth-order valence-corrected chi connectivity index (χ4v) is 4.36. The molecule has 0 atom stereocenters. The van der Waals surface area contributed by atoms with Crippen LogP contribution in [-0.2, 0) is 29.4 Å². The molecule has 9 heteroatoms. The number of nitrogens with zero attached hydrogens (tertiary/aromatic N) is 2. The molecule has 1 aliphatic heterocycles. The van der Waals surface area contributed by atoms with Gasteiger partial charge in [-0.1, -0.05) is 13.3 Å². The Labute approximate surface area is 190 Å². The van der Waals surface area contributed by atoms with Gasteiger partial charge in [0, 0.05) is 22.6 Å². The summed E-state index contributed by atoms with van der Waals surface area (Å²) in [7, 11) is 0. The monoisotopic (exact) mass is 454 g/mol. The van der Waals surface area contributed by atoms with Crippen LogP contribution in [0.15, 0.2) is 47.1 Å². The van der Waals surface area contributed by atoms with Crippen LogP contribution in [0, 0.1) is 0 Å². The molecule has 168 valence electrons. The quantitative estimate of drug-likeness (QED) is 0.450. The van der Waals surface area contributed by atoms with Crippen molar-refractivity contribution in [1.29, 1.82) is 0 Å². The minimum absolute atomic E-state index is 0.0121. The summed E-state index contributed by atoms with van der Waals surface area (Å²) in [5, 5.41) is 10.3. The normalized spacial score (nSPS) is 12.4. The molecule has 0 saturated heterocycles. The third-order valence-electron chi connectivity index (χ3n) is 5.07. The number of benzene rings is 1. The number of carbonyl (C=O) groups is 2. The lowest BCUT2D eigenvalue weighted by Crippen LogP contribution is -2.28. The molecule has 3 aromatic rings. The highest BCUT2D eigenvalue weighted by atomic mass is 32.2. The lowest BCUT2D eigenvalue weighted by Gasteiger charge is -2.12. The number of ether oxygens (including phenoxy) is 1. The van der Waals surface area contributed by atoms with E-state index in [9.17, 15) is 9.59 Å². The fourth-order valence-electron chi connectivity index (χ4n) is 3.33. The maximum absolute atomic E-state index is 12.9. The van der Waals surface area contributed by atoms with Crippen molar-refractivity contribution in [2.75, 3.05) is 11.9 Å². The summed E-state index contributed by atoms with van der Waals surface area (Å²) in [4.78, 5) is 25.3. The number of rotatable bonds is 10. The van der Waals surface area contributed by atoms with Gasteiger partial charge >= 0.3 is 0 Å². The lowest BCUT2D eigenvalue weighted by atomic mass is 10.2. The van der Waals surface area contributed by atoms with Crippen molar-refractivity contribution in [2.24, 2.45) is 0 Å². The summed E-state index contributed by atoms with van der Waals surface area (Å²) < 4.78 is 12.5. The van der Waals surface area contributed by atoms with Gasteiger partial charge in [0.25, 0.3) is 5.91 Å². The van der Waals surface area contributed by atoms with Crippen LogP contribution in [0.2, 0.25) is 0 Å². The van der Waals surface area contributed by atoms with Crippen LogP contribution in [0.4, 0.5) is 5.82 Å². The minimum atomic E-state index is -0.248. The predicted molar refractivity (Wildman–Crippen MR) is 123 cm³/mol. The third kappa shape index (κ3) is 5.34. The second kappa shape index (κ2) is 10.4. The average Bonchev–Trinajstić information content (AvgIpc) is 3.53. The fraction of sp³-hybridized carbons (Fsp3) is 0.348. The molecule has 0 bridgehead atoms. The Morgan fingerprint density at radius 3 is 2.81 bits per heavy atom. The third-order valence-corrected chi connectivity index (χ3v) is 6.04. The van der Waals surface area contributed by atoms with E-state index in [2.05, 4.69) is 22.7 Å². The van der Waals surface area contributed by atoms with Gasteiger partial charge in [0.2, 0.25) is 5.91 Å². The molecule has 2 amide bonds. The van der Waals surface area contributed by atoms with E-state index in [0.29, 0.717) is 30.3 Å². The molecule has 0 saturated carbocycles. The van der Waals surface area contributed by atoms with Gasteiger partial charge in [-0.05, 0) is 42.8 Å². The van der Waals surface area contributed by atoms with Crippen molar-refractivity contribution >= 4 is 29.4 Å². The minimum Gasteiger partial charge on any atom is -0.494 e. The van der Waals surface area contributed by atoms with Crippen LogP contribution in [-0.4, -0.2) is 28.2 Å². The Morgan fingerprint density at radius 1 is 1.22 bits per heavy atom. The van der Waals surface area contributed by atoms with Gasteiger partial charge in [0.05, 0.1) is 25.1 Å². The SMILES string of the molecule is CCCCOc1ccc(C(=O)Nc2c3c(nn2CC(=O)NCc2ccco2)CSC3)cc1. The van der Waals surface area contributed by atoms with E-state index in [1.807, 2.05) is 0 Å². The average molecular weight is 455 g/mol. The highest BCUT2D eigenvalue weighted by molar-refractivity contribution is 7.98. The van der Waals surface area contributed by atoms with E-state index in [4.69, 9.17) is 9.15 Å². The van der Waals surface area contributed by atoms with Crippen LogP contribution < -0.4 is 15.4 Å². The number of fused-ring (bicyclic) bond motifs is 1. The molecule has 0 aliphatic carbocycles. The van der Waals surface area contributed by atoms with Gasteiger partial charge in [-0.2, -0.15) is 16.9 Å². The van der Waals surface area contributed by atoms with Gasteiger partial charge in [-0.15, -0.1) is 0 Å². The van der Waals surface area contributed by atoms with Crippen molar-refractivity contribution in [3.63, 3.8) is 0 Å². The summed E-state index contributed by atoms with van der Waals surface area (Å²) in [6.07, 6.45) is 3.62. The maximum atomic E-state index is 12.9. The Bertz CT molecular complexity index is 1060. The van der Waals surface area contributed by atoms with E-state index < -0.39 is 0 Å². The van der Waals surface area contributed by atoms with Gasteiger partial charge in [0.1, 0.15) is 23.9 Å². The zero-order valence-electron chi connectivity index (χ0n) is 17.9. The Kier molecular flexibility index (Phi) is 7.16. The number of hydrogen-bond donors (Lipinski definition) is 2. The lowest BCUT2D eigenvalue weighted by molar-refractivity contribution is -0.122. The van der Waals surface area contributed by atoms with Crippen molar-refractivity contribution in [3.05, 3.63) is 65.2 Å². The Hall–Kier alpha value is -3.20. The van der Waals surface area contributed by atoms with E-state index >= 15 is 0 Å². The molecule has 8 nitrogen and oxygen atoms in total. The first kappa shape index (κ1) is 22.0. The topological polar surface area (TPSA) is 98.4 Å². The van der Waals surface area contributed by atoms with Crippen LogP contribution in [0.25, 0.3) is 0 Å². The summed E-state index contributed by atoms with van der Waals surface area (Å²) in [6, 6.07) is 10.6. The van der Waals surface area contributed by atoms with Crippen LogP contribution in [0.1, 0.15) is 47.1 Å². The van der Waals surface area contributed by atoms with E-state index in [1.165, 1.54) is 0 Å². The van der Waals surface area contributed by atoms with E-state index in [0.717, 1.165) is 41.4 Å². The number of unbranched alkanes of at least 4 members (excludes halogenated alkanes) is 1. The van der Waals surface area contributed by atoms with Crippen LogP contribution in [0.3, 0.4) is 0 Å². The van der Waals surface area contributed by atoms with Crippen LogP contribution in [0.5, 0.6) is 5.75 Å². The van der Waals surface area contributed by atoms with Gasteiger partial charge < -0.3 is 19.8 Å². The molecule has 4 rings (SSSR count). The molecular weight excluding hydrogens is 428 g/mol. The standard InChI is InChI=1S/C23H26N4O4S/c1-2-3-10-30-17-8-6-16(7-9-17)23(29)25-22-19-14-32-15-20(19)26-27(22)13-21(28)24-12-18-5-4-11-31-18/h4-9,11H,2-3,10,12-15H2,1H3,(H,24,28)(H,25,29). The smallest absolute Gasteiger partial charge is 0.256 e. The van der Waals surface area contributed by atoms with Crippen molar-refractivity contribution in [3.8, 4) is 5.75 Å². The Balaban J connectivity index is 1.42. The van der Waals surface area contributed by atoms with Gasteiger partial charge in [-0.3, -0.25) is 9.59 Å². The number of furan rings is 1. The first-order valence-corrected chi connectivity index (χ1v) is 11.8. The second-order valence-corrected chi connectivity index (χ2v) is 8.45. The van der Waals surface area contributed by atoms with Gasteiger partial charge in [0.15, 0.2) is 0 Å². The number of carbonyl (C=O) groups excluding carboxylic acids is 2. The number of anilines is 1. The second-order valence-electron chi connectivity index (χ2n) is 7.46. The molecule has 1 aromatic carbocycles. The summed E-state index contributed by atoms with van der Waals surface area (Å²) in [5.74, 6) is 3.05. The molecule has 32 heavy (non-hydrogen) atoms. The molecule has 0 spiro atoms. The zero-order chi connectivity index (χ0) is 22.3. The molecule has 0 unspecified atom stereocenters. The first-order valence-electron chi connectivity index (χ1n) is 10.6. The highest BCUT2D eigenvalue weighted by Gasteiger charge is 2.25. The zero-order valence-corrected chi connectivity index (χ0v) is 18.7. The molecule has 0 radical (unpaired) electrons. The van der Waals surface area contributed by atoms with Crippen LogP contribution >= 0.6 is 11.8 Å². The summed E-state index contributed by atoms with van der Waals surface area (Å²) in [5.41, 5.74) is 2.40.